The normalized spacial score (nSPS) is 11.7. The fourth-order valence-corrected chi connectivity index (χ4v) is 2.04. The Balaban J connectivity index is 2.00. The minimum Gasteiger partial charge on any atom is -0.331 e. The number of rotatable bonds is 4. The molecule has 1 aromatic carbocycles. The molecule has 0 saturated carbocycles. The van der Waals surface area contributed by atoms with E-state index >= 15 is 0 Å². The molecule has 0 bridgehead atoms. The van der Waals surface area contributed by atoms with Gasteiger partial charge in [0.2, 0.25) is 0 Å². The van der Waals surface area contributed by atoms with Crippen molar-refractivity contribution < 1.29 is 4.79 Å². The number of aromatic nitrogens is 1. The minimum atomic E-state index is -0.298. The molecule has 2 aromatic rings. The molecule has 110 valence electrons. The zero-order chi connectivity index (χ0) is 15.2. The molecule has 0 aliphatic heterocycles. The summed E-state index contributed by atoms with van der Waals surface area (Å²) in [5, 5.41) is 5.59. The van der Waals surface area contributed by atoms with Crippen LogP contribution in [0.4, 0.5) is 10.5 Å². The fraction of sp³-hybridized carbons (Fsp3) is 0.250. The van der Waals surface area contributed by atoms with Gasteiger partial charge in [0.25, 0.3) is 5.56 Å². The molecule has 0 saturated heterocycles. The molecule has 1 heterocycles. The van der Waals surface area contributed by atoms with Crippen LogP contribution in [0.5, 0.6) is 0 Å². The van der Waals surface area contributed by atoms with E-state index in [4.69, 9.17) is 0 Å². The van der Waals surface area contributed by atoms with Gasteiger partial charge in [-0.15, -0.1) is 0 Å². The third-order valence-corrected chi connectivity index (χ3v) is 3.23. The predicted octanol–water partition coefficient (Wildman–Crippen LogP) is 2.75. The Morgan fingerprint density at radius 2 is 1.90 bits per heavy atom. The summed E-state index contributed by atoms with van der Waals surface area (Å²) in [6.07, 6.45) is 1.63. The average molecular weight is 285 g/mol. The standard InChI is InChI=1S/C16H19N3O2/c1-3-19-11-14(9-10-15(19)20)18-16(21)17-12(2)13-7-5-4-6-8-13/h4-12H,3H2,1-2H3,(H2,17,18,21)/t12-/m1/s1. The van der Waals surface area contributed by atoms with Crippen LogP contribution in [0, 0.1) is 0 Å². The van der Waals surface area contributed by atoms with Crippen LogP contribution < -0.4 is 16.2 Å². The van der Waals surface area contributed by atoms with Gasteiger partial charge in [-0.25, -0.2) is 4.79 Å². The average Bonchev–Trinajstić information content (AvgIpc) is 2.50. The Morgan fingerprint density at radius 1 is 1.19 bits per heavy atom. The Morgan fingerprint density at radius 3 is 2.57 bits per heavy atom. The minimum absolute atomic E-state index is 0.0823. The van der Waals surface area contributed by atoms with Crippen molar-refractivity contribution in [3.05, 3.63) is 64.6 Å². The number of carbonyl (C=O) groups excluding carboxylic acids is 1. The molecular weight excluding hydrogens is 266 g/mol. The molecule has 1 atom stereocenters. The van der Waals surface area contributed by atoms with Gasteiger partial charge < -0.3 is 15.2 Å². The molecule has 2 amide bonds. The largest absolute Gasteiger partial charge is 0.331 e. The second-order valence-corrected chi connectivity index (χ2v) is 4.77. The van der Waals surface area contributed by atoms with Gasteiger partial charge in [-0.1, -0.05) is 30.3 Å². The molecule has 2 N–H and O–H groups in total. The summed E-state index contributed by atoms with van der Waals surface area (Å²) in [6, 6.07) is 12.4. The molecule has 0 fully saturated rings. The quantitative estimate of drug-likeness (QED) is 0.907. The van der Waals surface area contributed by atoms with Gasteiger partial charge in [0, 0.05) is 18.8 Å². The molecular formula is C16H19N3O2. The summed E-state index contributed by atoms with van der Waals surface area (Å²) in [6.45, 7) is 4.36. The van der Waals surface area contributed by atoms with Crippen molar-refractivity contribution in [1.82, 2.24) is 9.88 Å². The molecule has 5 heteroatoms. The maximum absolute atomic E-state index is 12.0. The van der Waals surface area contributed by atoms with Crippen LogP contribution >= 0.6 is 0 Å². The number of pyridine rings is 1. The number of carbonyl (C=O) groups is 1. The lowest BCUT2D eigenvalue weighted by Crippen LogP contribution is -2.31. The van der Waals surface area contributed by atoms with Crippen molar-refractivity contribution in [3.8, 4) is 0 Å². The molecule has 0 aliphatic rings. The van der Waals surface area contributed by atoms with Crippen LogP contribution in [0.3, 0.4) is 0 Å². The SMILES string of the molecule is CCn1cc(NC(=O)N[C@H](C)c2ccccc2)ccc1=O. The van der Waals surface area contributed by atoms with Gasteiger partial charge in [-0.05, 0) is 25.5 Å². The van der Waals surface area contributed by atoms with Crippen LogP contribution in [0.2, 0.25) is 0 Å². The van der Waals surface area contributed by atoms with Crippen LogP contribution in [0.1, 0.15) is 25.5 Å². The molecule has 21 heavy (non-hydrogen) atoms. The maximum Gasteiger partial charge on any atom is 0.319 e. The lowest BCUT2D eigenvalue weighted by atomic mass is 10.1. The van der Waals surface area contributed by atoms with Gasteiger partial charge in [0.1, 0.15) is 0 Å². The van der Waals surface area contributed by atoms with E-state index in [0.29, 0.717) is 12.2 Å². The van der Waals surface area contributed by atoms with Crippen molar-refractivity contribution in [2.75, 3.05) is 5.32 Å². The smallest absolute Gasteiger partial charge is 0.319 e. The van der Waals surface area contributed by atoms with Crippen molar-refractivity contribution >= 4 is 11.7 Å². The van der Waals surface area contributed by atoms with Gasteiger partial charge in [-0.2, -0.15) is 0 Å². The molecule has 5 nitrogen and oxygen atoms in total. The highest BCUT2D eigenvalue weighted by Crippen LogP contribution is 2.11. The topological polar surface area (TPSA) is 63.1 Å². The first-order chi connectivity index (χ1) is 10.1. The van der Waals surface area contributed by atoms with Crippen LogP contribution in [0.15, 0.2) is 53.5 Å². The Bertz CT molecular complexity index is 665. The number of hydrogen-bond acceptors (Lipinski definition) is 2. The molecule has 0 unspecified atom stereocenters. The molecule has 0 aliphatic carbocycles. The van der Waals surface area contributed by atoms with Crippen LogP contribution in [-0.4, -0.2) is 10.6 Å². The summed E-state index contributed by atoms with van der Waals surface area (Å²) in [7, 11) is 0. The van der Waals surface area contributed by atoms with E-state index in [2.05, 4.69) is 10.6 Å². The number of aryl methyl sites for hydroxylation is 1. The van der Waals surface area contributed by atoms with E-state index in [-0.39, 0.29) is 17.6 Å². The highest BCUT2D eigenvalue weighted by atomic mass is 16.2. The number of anilines is 1. The zero-order valence-electron chi connectivity index (χ0n) is 12.2. The third kappa shape index (κ3) is 3.95. The third-order valence-electron chi connectivity index (χ3n) is 3.23. The number of urea groups is 1. The van der Waals surface area contributed by atoms with E-state index in [0.717, 1.165) is 5.56 Å². The first-order valence-electron chi connectivity index (χ1n) is 6.93. The van der Waals surface area contributed by atoms with E-state index in [1.807, 2.05) is 44.2 Å². The predicted molar refractivity (Wildman–Crippen MR) is 83.4 cm³/mol. The van der Waals surface area contributed by atoms with Gasteiger partial charge in [-0.3, -0.25) is 4.79 Å². The lowest BCUT2D eigenvalue weighted by molar-refractivity contribution is 0.249. The van der Waals surface area contributed by atoms with Gasteiger partial charge in [0.05, 0.1) is 11.7 Å². The maximum atomic E-state index is 12.0. The van der Waals surface area contributed by atoms with Crippen molar-refractivity contribution in [1.29, 1.82) is 0 Å². The second-order valence-electron chi connectivity index (χ2n) is 4.77. The number of nitrogens with one attached hydrogen (secondary N) is 2. The number of nitrogens with zero attached hydrogens (tertiary/aromatic N) is 1. The highest BCUT2D eigenvalue weighted by Gasteiger charge is 2.09. The molecule has 1 aromatic heterocycles. The monoisotopic (exact) mass is 285 g/mol. The second kappa shape index (κ2) is 6.74. The van der Waals surface area contributed by atoms with Crippen molar-refractivity contribution in [3.63, 3.8) is 0 Å². The fourth-order valence-electron chi connectivity index (χ4n) is 2.04. The van der Waals surface area contributed by atoms with Crippen molar-refractivity contribution in [2.45, 2.75) is 26.4 Å². The summed E-state index contributed by atoms with van der Waals surface area (Å²) in [4.78, 5) is 23.5. The van der Waals surface area contributed by atoms with E-state index < -0.39 is 0 Å². The number of benzene rings is 1. The Kier molecular flexibility index (Phi) is 4.77. The summed E-state index contributed by atoms with van der Waals surface area (Å²) >= 11 is 0. The number of amides is 2. The summed E-state index contributed by atoms with van der Waals surface area (Å²) < 4.78 is 1.54. The summed E-state index contributed by atoms with van der Waals surface area (Å²) in [5.74, 6) is 0. The van der Waals surface area contributed by atoms with Gasteiger partial charge >= 0.3 is 6.03 Å². The highest BCUT2D eigenvalue weighted by molar-refractivity contribution is 5.89. The molecule has 0 spiro atoms. The van der Waals surface area contributed by atoms with Crippen molar-refractivity contribution in [2.24, 2.45) is 0 Å². The number of hydrogen-bond donors (Lipinski definition) is 2. The van der Waals surface area contributed by atoms with E-state index in [9.17, 15) is 9.59 Å². The molecule has 2 rings (SSSR count). The summed E-state index contributed by atoms with van der Waals surface area (Å²) in [5.41, 5.74) is 1.54. The first-order valence-corrected chi connectivity index (χ1v) is 6.93. The Labute approximate surface area is 123 Å². The molecule has 0 radical (unpaired) electrons. The first kappa shape index (κ1) is 14.8. The Hall–Kier alpha value is -2.56. The van der Waals surface area contributed by atoms with Crippen LogP contribution in [-0.2, 0) is 6.54 Å². The van der Waals surface area contributed by atoms with E-state index in [1.165, 1.54) is 10.6 Å². The van der Waals surface area contributed by atoms with E-state index in [1.54, 1.807) is 12.3 Å². The zero-order valence-corrected chi connectivity index (χ0v) is 12.2. The van der Waals surface area contributed by atoms with Crippen LogP contribution in [0.25, 0.3) is 0 Å². The lowest BCUT2D eigenvalue weighted by Gasteiger charge is -2.15. The van der Waals surface area contributed by atoms with Gasteiger partial charge in [0.15, 0.2) is 0 Å².